The summed E-state index contributed by atoms with van der Waals surface area (Å²) in [4.78, 5) is 10.1. The lowest BCUT2D eigenvalue weighted by molar-refractivity contribution is -0.0165. The summed E-state index contributed by atoms with van der Waals surface area (Å²) in [5.41, 5.74) is 0. The quantitative estimate of drug-likeness (QED) is 0.338. The second-order valence-electron chi connectivity index (χ2n) is 8.29. The van der Waals surface area contributed by atoms with Gasteiger partial charge in [0, 0.05) is 50.3 Å². The van der Waals surface area contributed by atoms with Gasteiger partial charge in [0.15, 0.2) is 5.96 Å². The Hall–Kier alpha value is -0.120. The van der Waals surface area contributed by atoms with Crippen molar-refractivity contribution in [2.75, 3.05) is 45.9 Å². The SMILES string of the molecule is CCNC(=NCC(C)N1CCOCC1C)NC1CCN(C2CCCC2)C1.I. The number of rotatable bonds is 6. The summed E-state index contributed by atoms with van der Waals surface area (Å²) in [6, 6.07) is 2.30. The van der Waals surface area contributed by atoms with E-state index < -0.39 is 0 Å². The molecular formula is C20H40IN5O. The van der Waals surface area contributed by atoms with E-state index in [0.29, 0.717) is 18.1 Å². The molecule has 3 unspecified atom stereocenters. The third-order valence-electron chi connectivity index (χ3n) is 6.24. The monoisotopic (exact) mass is 493 g/mol. The third kappa shape index (κ3) is 6.72. The fourth-order valence-electron chi connectivity index (χ4n) is 4.74. The molecule has 1 aliphatic carbocycles. The highest BCUT2D eigenvalue weighted by Gasteiger charge is 2.30. The maximum atomic E-state index is 5.56. The Kier molecular flexibility index (Phi) is 10.1. The van der Waals surface area contributed by atoms with Crippen molar-refractivity contribution < 1.29 is 4.74 Å². The Morgan fingerprint density at radius 3 is 2.70 bits per heavy atom. The molecule has 3 rings (SSSR count). The van der Waals surface area contributed by atoms with Crippen molar-refractivity contribution in [2.45, 2.75) is 77.0 Å². The first kappa shape index (κ1) is 23.2. The fraction of sp³-hybridized carbons (Fsp3) is 0.950. The van der Waals surface area contributed by atoms with Gasteiger partial charge in [0.05, 0.1) is 19.8 Å². The summed E-state index contributed by atoms with van der Waals surface area (Å²) >= 11 is 0. The smallest absolute Gasteiger partial charge is 0.191 e. The first-order valence-electron chi connectivity index (χ1n) is 10.8. The van der Waals surface area contributed by atoms with Gasteiger partial charge in [-0.15, -0.1) is 24.0 Å². The largest absolute Gasteiger partial charge is 0.379 e. The molecular weight excluding hydrogens is 453 g/mol. The molecule has 1 saturated carbocycles. The van der Waals surface area contributed by atoms with Crippen molar-refractivity contribution >= 4 is 29.9 Å². The van der Waals surface area contributed by atoms with Crippen LogP contribution in [0.4, 0.5) is 0 Å². The summed E-state index contributed by atoms with van der Waals surface area (Å²) in [6.45, 7) is 13.5. The van der Waals surface area contributed by atoms with Gasteiger partial charge >= 0.3 is 0 Å². The second-order valence-corrected chi connectivity index (χ2v) is 8.29. The first-order valence-corrected chi connectivity index (χ1v) is 10.8. The van der Waals surface area contributed by atoms with E-state index in [1.54, 1.807) is 0 Å². The van der Waals surface area contributed by atoms with Gasteiger partial charge in [0.2, 0.25) is 0 Å². The highest BCUT2D eigenvalue weighted by molar-refractivity contribution is 14.0. The van der Waals surface area contributed by atoms with Crippen LogP contribution < -0.4 is 10.6 Å². The van der Waals surface area contributed by atoms with Crippen LogP contribution in [0.2, 0.25) is 0 Å². The lowest BCUT2D eigenvalue weighted by Crippen LogP contribution is -2.50. The molecule has 0 spiro atoms. The fourth-order valence-corrected chi connectivity index (χ4v) is 4.74. The van der Waals surface area contributed by atoms with Gasteiger partial charge in [-0.3, -0.25) is 14.8 Å². The van der Waals surface area contributed by atoms with Crippen LogP contribution in [0.3, 0.4) is 0 Å². The van der Waals surface area contributed by atoms with Gasteiger partial charge in [0.25, 0.3) is 0 Å². The van der Waals surface area contributed by atoms with E-state index in [9.17, 15) is 0 Å². The zero-order chi connectivity index (χ0) is 18.4. The van der Waals surface area contributed by atoms with Gasteiger partial charge in [-0.25, -0.2) is 0 Å². The summed E-state index contributed by atoms with van der Waals surface area (Å²) < 4.78 is 5.56. The molecule has 2 heterocycles. The molecule has 158 valence electrons. The standard InChI is InChI=1S/C20H39N5O.HI/c1-4-21-20(22-13-16(2)25-11-12-26-15-17(25)3)23-18-9-10-24(14-18)19-7-5-6-8-19;/h16-19H,4-15H2,1-3H3,(H2,21,22,23);1H. The van der Waals surface area contributed by atoms with E-state index in [4.69, 9.17) is 9.73 Å². The molecule has 2 N–H and O–H groups in total. The van der Waals surface area contributed by atoms with Crippen LogP contribution in [0.1, 0.15) is 52.9 Å². The van der Waals surface area contributed by atoms with Gasteiger partial charge in [-0.05, 0) is 40.0 Å². The summed E-state index contributed by atoms with van der Waals surface area (Å²) in [5, 5.41) is 7.13. The maximum absolute atomic E-state index is 5.56. The minimum Gasteiger partial charge on any atom is -0.379 e. The van der Waals surface area contributed by atoms with Crippen LogP contribution in [0.15, 0.2) is 4.99 Å². The number of guanidine groups is 1. The molecule has 0 amide bonds. The molecule has 2 aliphatic heterocycles. The number of nitrogens with zero attached hydrogens (tertiary/aromatic N) is 3. The maximum Gasteiger partial charge on any atom is 0.191 e. The number of hydrogen-bond donors (Lipinski definition) is 2. The number of ether oxygens (including phenoxy) is 1. The van der Waals surface area contributed by atoms with E-state index in [1.165, 1.54) is 45.2 Å². The molecule has 27 heavy (non-hydrogen) atoms. The predicted molar refractivity (Wildman–Crippen MR) is 123 cm³/mol. The predicted octanol–water partition coefficient (Wildman–Crippen LogP) is 2.29. The Balaban J connectivity index is 0.00000261. The van der Waals surface area contributed by atoms with Crippen LogP contribution in [0.5, 0.6) is 0 Å². The van der Waals surface area contributed by atoms with Gasteiger partial charge in [0.1, 0.15) is 0 Å². The highest BCUT2D eigenvalue weighted by Crippen LogP contribution is 2.26. The number of nitrogens with one attached hydrogen (secondary N) is 2. The molecule has 0 aromatic carbocycles. The second kappa shape index (κ2) is 11.8. The van der Waals surface area contributed by atoms with Crippen LogP contribution in [0, 0.1) is 0 Å². The van der Waals surface area contributed by atoms with Gasteiger partial charge in [-0.2, -0.15) is 0 Å². The third-order valence-corrected chi connectivity index (χ3v) is 6.24. The zero-order valence-corrected chi connectivity index (χ0v) is 19.8. The highest BCUT2D eigenvalue weighted by atomic mass is 127. The van der Waals surface area contributed by atoms with Crippen molar-refractivity contribution in [1.29, 1.82) is 0 Å². The Morgan fingerprint density at radius 2 is 2.00 bits per heavy atom. The average molecular weight is 493 g/mol. The Morgan fingerprint density at radius 1 is 1.22 bits per heavy atom. The van der Waals surface area contributed by atoms with Crippen LogP contribution in [0.25, 0.3) is 0 Å². The molecule has 3 atom stereocenters. The number of hydrogen-bond acceptors (Lipinski definition) is 4. The van der Waals surface area contributed by atoms with Gasteiger partial charge in [-0.1, -0.05) is 12.8 Å². The molecule has 3 aliphatic rings. The van der Waals surface area contributed by atoms with E-state index in [1.807, 2.05) is 0 Å². The number of likely N-dealkylation sites (tertiary alicyclic amines) is 1. The van der Waals surface area contributed by atoms with E-state index in [0.717, 1.165) is 44.8 Å². The van der Waals surface area contributed by atoms with E-state index in [-0.39, 0.29) is 24.0 Å². The molecule has 0 bridgehead atoms. The molecule has 0 aromatic heterocycles. The minimum absolute atomic E-state index is 0. The lowest BCUT2D eigenvalue weighted by atomic mass is 10.2. The van der Waals surface area contributed by atoms with E-state index >= 15 is 0 Å². The van der Waals surface area contributed by atoms with Crippen molar-refractivity contribution in [3.05, 3.63) is 0 Å². The Labute approximate surface area is 182 Å². The molecule has 6 nitrogen and oxygen atoms in total. The molecule has 0 aromatic rings. The van der Waals surface area contributed by atoms with Crippen LogP contribution in [-0.2, 0) is 4.74 Å². The zero-order valence-electron chi connectivity index (χ0n) is 17.5. The van der Waals surface area contributed by atoms with Crippen LogP contribution >= 0.6 is 24.0 Å². The number of aliphatic imine (C=N–C) groups is 1. The van der Waals surface area contributed by atoms with Gasteiger partial charge < -0.3 is 15.4 Å². The van der Waals surface area contributed by atoms with Crippen molar-refractivity contribution in [3.63, 3.8) is 0 Å². The summed E-state index contributed by atoms with van der Waals surface area (Å²) in [7, 11) is 0. The molecule has 7 heteroatoms. The average Bonchev–Trinajstić information content (AvgIpc) is 3.31. The molecule has 2 saturated heterocycles. The minimum atomic E-state index is 0. The van der Waals surface area contributed by atoms with Crippen molar-refractivity contribution in [3.8, 4) is 0 Å². The lowest BCUT2D eigenvalue weighted by Gasteiger charge is -2.37. The van der Waals surface area contributed by atoms with Crippen molar-refractivity contribution in [1.82, 2.24) is 20.4 Å². The molecule has 3 fully saturated rings. The molecule has 0 radical (unpaired) electrons. The number of morpholine rings is 1. The topological polar surface area (TPSA) is 52.1 Å². The van der Waals surface area contributed by atoms with Crippen LogP contribution in [-0.4, -0.2) is 85.9 Å². The normalized spacial score (nSPS) is 29.5. The van der Waals surface area contributed by atoms with E-state index in [2.05, 4.69) is 41.2 Å². The summed E-state index contributed by atoms with van der Waals surface area (Å²) in [5.74, 6) is 0.985. The first-order chi connectivity index (χ1) is 12.7. The van der Waals surface area contributed by atoms with Crippen molar-refractivity contribution in [2.24, 2.45) is 4.99 Å². The Bertz CT molecular complexity index is 458. The summed E-state index contributed by atoms with van der Waals surface area (Å²) in [6.07, 6.45) is 6.87. The number of halogens is 1.